The highest BCUT2D eigenvalue weighted by molar-refractivity contribution is 5.66. The number of nitrogens with zero attached hydrogens (tertiary/aromatic N) is 2. The normalized spacial score (nSPS) is 9.77. The molecule has 13 heavy (non-hydrogen) atoms. The summed E-state index contributed by atoms with van der Waals surface area (Å²) in [5.74, 6) is 0. The molecule has 1 aromatic heterocycles. The van der Waals surface area contributed by atoms with Crippen LogP contribution in [-0.4, -0.2) is 17.0 Å². The molecule has 0 aliphatic heterocycles. The lowest BCUT2D eigenvalue weighted by atomic mass is 10.2. The van der Waals surface area contributed by atoms with Crippen LogP contribution in [0.5, 0.6) is 0 Å². The third-order valence-electron chi connectivity index (χ3n) is 1.86. The van der Waals surface area contributed by atoms with E-state index in [0.717, 1.165) is 5.56 Å². The Balaban J connectivity index is 3.43. The first-order chi connectivity index (χ1) is 6.07. The van der Waals surface area contributed by atoms with Crippen LogP contribution >= 0.6 is 0 Å². The summed E-state index contributed by atoms with van der Waals surface area (Å²) >= 11 is 0. The average Bonchev–Trinajstić information content (AvgIpc) is 2.07. The highest BCUT2D eigenvalue weighted by Gasteiger charge is 2.19. The van der Waals surface area contributed by atoms with E-state index in [4.69, 9.17) is 0 Å². The molecule has 5 nitrogen and oxygen atoms in total. The molecule has 0 unspecified atom stereocenters. The Labute approximate surface area is 75.9 Å². The van der Waals surface area contributed by atoms with Crippen molar-refractivity contribution in [3.05, 3.63) is 27.6 Å². The number of anilines is 1. The van der Waals surface area contributed by atoms with Gasteiger partial charge >= 0.3 is 5.69 Å². The molecule has 0 aliphatic carbocycles. The lowest BCUT2D eigenvalue weighted by Gasteiger charge is -2.06. The van der Waals surface area contributed by atoms with Crippen LogP contribution in [0.2, 0.25) is 0 Å². The molecular formula is C8H11N3O2. The van der Waals surface area contributed by atoms with E-state index < -0.39 is 4.92 Å². The van der Waals surface area contributed by atoms with Crippen LogP contribution in [-0.2, 0) is 0 Å². The predicted octanol–water partition coefficient (Wildman–Crippen LogP) is 1.65. The van der Waals surface area contributed by atoms with Gasteiger partial charge in [-0.1, -0.05) is 0 Å². The second-order valence-corrected chi connectivity index (χ2v) is 2.76. The first-order valence-electron chi connectivity index (χ1n) is 3.86. The zero-order valence-corrected chi connectivity index (χ0v) is 7.79. The van der Waals surface area contributed by atoms with Gasteiger partial charge in [0, 0.05) is 13.2 Å². The minimum Gasteiger partial charge on any atom is -0.382 e. The van der Waals surface area contributed by atoms with Crippen LogP contribution in [0.1, 0.15) is 11.3 Å². The summed E-state index contributed by atoms with van der Waals surface area (Å²) in [5, 5.41) is 13.5. The molecule has 1 aromatic rings. The van der Waals surface area contributed by atoms with E-state index in [2.05, 4.69) is 10.3 Å². The largest absolute Gasteiger partial charge is 0.382 e. The molecule has 70 valence electrons. The fourth-order valence-corrected chi connectivity index (χ4v) is 1.23. The monoisotopic (exact) mass is 181 g/mol. The highest BCUT2D eigenvalue weighted by Crippen LogP contribution is 2.28. The third-order valence-corrected chi connectivity index (χ3v) is 1.86. The van der Waals surface area contributed by atoms with E-state index in [0.29, 0.717) is 11.4 Å². The standard InChI is InChI=1S/C8H11N3O2/c1-5-4-10-6(2)8(11(12)13)7(5)9-3/h4H,1-3H3,(H,9,10). The SMILES string of the molecule is CNc1c(C)cnc(C)c1[N+](=O)[O-]. The van der Waals surface area contributed by atoms with Crippen molar-refractivity contribution < 1.29 is 4.92 Å². The van der Waals surface area contributed by atoms with Crippen LogP contribution in [0.3, 0.4) is 0 Å². The Kier molecular flexibility index (Phi) is 2.46. The van der Waals surface area contributed by atoms with Crippen molar-refractivity contribution in [1.29, 1.82) is 0 Å². The molecule has 0 radical (unpaired) electrons. The molecule has 5 heteroatoms. The molecule has 1 heterocycles. The molecule has 0 atom stereocenters. The Morgan fingerprint density at radius 3 is 2.54 bits per heavy atom. The molecule has 0 spiro atoms. The first kappa shape index (κ1) is 9.44. The topological polar surface area (TPSA) is 68.1 Å². The zero-order valence-electron chi connectivity index (χ0n) is 7.79. The average molecular weight is 181 g/mol. The van der Waals surface area contributed by atoms with Gasteiger partial charge in [0.2, 0.25) is 0 Å². The van der Waals surface area contributed by atoms with E-state index in [9.17, 15) is 10.1 Å². The maximum Gasteiger partial charge on any atom is 0.313 e. The van der Waals surface area contributed by atoms with Crippen molar-refractivity contribution in [1.82, 2.24) is 4.98 Å². The Hall–Kier alpha value is -1.65. The summed E-state index contributed by atoms with van der Waals surface area (Å²) in [6.07, 6.45) is 1.62. The van der Waals surface area contributed by atoms with Crippen molar-refractivity contribution >= 4 is 11.4 Å². The van der Waals surface area contributed by atoms with Gasteiger partial charge in [-0.2, -0.15) is 0 Å². The smallest absolute Gasteiger partial charge is 0.313 e. The van der Waals surface area contributed by atoms with Crippen LogP contribution in [0.4, 0.5) is 11.4 Å². The molecular weight excluding hydrogens is 170 g/mol. The summed E-state index contributed by atoms with van der Waals surface area (Å²) in [4.78, 5) is 14.2. The molecule has 0 amide bonds. The van der Waals surface area contributed by atoms with Gasteiger partial charge in [0.15, 0.2) is 0 Å². The van der Waals surface area contributed by atoms with Gasteiger partial charge in [0.05, 0.1) is 4.92 Å². The summed E-state index contributed by atoms with van der Waals surface area (Å²) in [6.45, 7) is 3.41. The van der Waals surface area contributed by atoms with Gasteiger partial charge in [-0.05, 0) is 19.4 Å². The summed E-state index contributed by atoms with van der Waals surface area (Å²) in [5.41, 5.74) is 1.81. The number of pyridine rings is 1. The predicted molar refractivity (Wildman–Crippen MR) is 49.9 cm³/mol. The Morgan fingerprint density at radius 1 is 1.54 bits per heavy atom. The van der Waals surface area contributed by atoms with Gasteiger partial charge in [-0.25, -0.2) is 0 Å². The molecule has 1 rings (SSSR count). The van der Waals surface area contributed by atoms with Crippen LogP contribution < -0.4 is 5.32 Å². The van der Waals surface area contributed by atoms with Crippen LogP contribution in [0.15, 0.2) is 6.20 Å². The first-order valence-corrected chi connectivity index (χ1v) is 3.86. The van der Waals surface area contributed by atoms with Crippen molar-refractivity contribution in [2.45, 2.75) is 13.8 Å². The van der Waals surface area contributed by atoms with Crippen LogP contribution in [0, 0.1) is 24.0 Å². The Morgan fingerprint density at radius 2 is 2.15 bits per heavy atom. The summed E-state index contributed by atoms with van der Waals surface area (Å²) in [6, 6.07) is 0. The van der Waals surface area contributed by atoms with Crippen molar-refractivity contribution in [2.75, 3.05) is 12.4 Å². The fraction of sp³-hybridized carbons (Fsp3) is 0.375. The number of aryl methyl sites for hydroxylation is 2. The molecule has 0 fully saturated rings. The van der Waals surface area contributed by atoms with Crippen LogP contribution in [0.25, 0.3) is 0 Å². The summed E-state index contributed by atoms with van der Waals surface area (Å²) in [7, 11) is 1.66. The van der Waals surface area contributed by atoms with Crippen molar-refractivity contribution in [3.8, 4) is 0 Å². The summed E-state index contributed by atoms with van der Waals surface area (Å²) < 4.78 is 0. The minimum absolute atomic E-state index is 0.0579. The van der Waals surface area contributed by atoms with Gasteiger partial charge in [0.25, 0.3) is 0 Å². The number of rotatable bonds is 2. The second kappa shape index (κ2) is 3.38. The molecule has 0 saturated heterocycles. The number of hydrogen-bond acceptors (Lipinski definition) is 4. The van der Waals surface area contributed by atoms with E-state index >= 15 is 0 Å². The van der Waals surface area contributed by atoms with Gasteiger partial charge < -0.3 is 5.32 Å². The number of nitro groups is 1. The molecule has 0 aliphatic rings. The minimum atomic E-state index is -0.416. The van der Waals surface area contributed by atoms with E-state index in [1.165, 1.54) is 0 Å². The molecule has 0 aromatic carbocycles. The van der Waals surface area contributed by atoms with Gasteiger partial charge in [-0.3, -0.25) is 15.1 Å². The number of nitrogens with one attached hydrogen (secondary N) is 1. The van der Waals surface area contributed by atoms with Gasteiger partial charge in [0.1, 0.15) is 11.4 Å². The third kappa shape index (κ3) is 1.58. The number of aromatic nitrogens is 1. The van der Waals surface area contributed by atoms with Gasteiger partial charge in [-0.15, -0.1) is 0 Å². The van der Waals surface area contributed by atoms with E-state index in [-0.39, 0.29) is 5.69 Å². The van der Waals surface area contributed by atoms with E-state index in [1.807, 2.05) is 0 Å². The fourth-order valence-electron chi connectivity index (χ4n) is 1.23. The maximum atomic E-state index is 10.7. The van der Waals surface area contributed by atoms with Crippen molar-refractivity contribution in [2.24, 2.45) is 0 Å². The lowest BCUT2D eigenvalue weighted by Crippen LogP contribution is -2.02. The molecule has 0 bridgehead atoms. The zero-order chi connectivity index (χ0) is 10.0. The van der Waals surface area contributed by atoms with Crippen molar-refractivity contribution in [3.63, 3.8) is 0 Å². The molecule has 1 N–H and O–H groups in total. The maximum absolute atomic E-state index is 10.7. The second-order valence-electron chi connectivity index (χ2n) is 2.76. The lowest BCUT2D eigenvalue weighted by molar-refractivity contribution is -0.384. The highest BCUT2D eigenvalue weighted by atomic mass is 16.6. The molecule has 0 saturated carbocycles. The Bertz CT molecular complexity index is 349. The quantitative estimate of drug-likeness (QED) is 0.556. The van der Waals surface area contributed by atoms with E-state index in [1.54, 1.807) is 27.1 Å². The number of hydrogen-bond donors (Lipinski definition) is 1.